The average Bonchev–Trinajstić information content (AvgIpc) is 2.81. The zero-order valence-corrected chi connectivity index (χ0v) is 15.2. The Labute approximate surface area is 151 Å². The van der Waals surface area contributed by atoms with E-state index in [1.807, 2.05) is 0 Å². The number of fused-ring (bicyclic) bond motifs is 1. The number of anilines is 1. The summed E-state index contributed by atoms with van der Waals surface area (Å²) in [6.45, 7) is 0. The van der Waals surface area contributed by atoms with Gasteiger partial charge in [0, 0.05) is 10.4 Å². The summed E-state index contributed by atoms with van der Waals surface area (Å²) in [6.07, 6.45) is 5.12. The van der Waals surface area contributed by atoms with Gasteiger partial charge in [0.05, 0.1) is 19.8 Å². The Morgan fingerprint density at radius 1 is 1.12 bits per heavy atom. The molecule has 1 aromatic carbocycles. The third kappa shape index (κ3) is 3.69. The quantitative estimate of drug-likeness (QED) is 0.660. The molecule has 1 N–H and O–H groups in total. The maximum absolute atomic E-state index is 12.6. The van der Waals surface area contributed by atoms with Crippen LogP contribution >= 0.6 is 11.3 Å². The summed E-state index contributed by atoms with van der Waals surface area (Å²) < 4.78 is 10.1. The van der Waals surface area contributed by atoms with Crippen molar-refractivity contribution in [2.24, 2.45) is 0 Å². The van der Waals surface area contributed by atoms with Gasteiger partial charge in [-0.2, -0.15) is 0 Å². The number of aryl methyl sites for hydroxylation is 1. The van der Waals surface area contributed by atoms with Crippen molar-refractivity contribution in [2.75, 3.05) is 19.5 Å². The number of amides is 1. The zero-order chi connectivity index (χ0) is 17.8. The molecule has 1 amide bonds. The van der Waals surface area contributed by atoms with Crippen LogP contribution in [0.15, 0.2) is 24.3 Å². The molecule has 0 unspecified atom stereocenters. The smallest absolute Gasteiger partial charge is 0.341 e. The first-order valence-corrected chi connectivity index (χ1v) is 9.14. The molecule has 0 saturated heterocycles. The molecule has 0 aliphatic heterocycles. The number of carbonyl (C=O) groups excluding carboxylic acids is 2. The minimum atomic E-state index is -0.389. The van der Waals surface area contributed by atoms with Crippen LogP contribution in [0.3, 0.4) is 0 Å². The van der Waals surface area contributed by atoms with Gasteiger partial charge in [-0.05, 0) is 49.4 Å². The number of esters is 1. The predicted octanol–water partition coefficient (Wildman–Crippen LogP) is 4.06. The lowest BCUT2D eigenvalue weighted by molar-refractivity contribution is 0.0601. The summed E-state index contributed by atoms with van der Waals surface area (Å²) in [5.74, 6) is -0.0383. The van der Waals surface area contributed by atoms with Crippen molar-refractivity contribution in [1.29, 1.82) is 0 Å². The molecule has 0 spiro atoms. The van der Waals surface area contributed by atoms with E-state index in [0.29, 0.717) is 21.9 Å². The monoisotopic (exact) mass is 359 g/mol. The van der Waals surface area contributed by atoms with E-state index in [9.17, 15) is 9.59 Å². The number of nitrogens with one attached hydrogen (secondary N) is 1. The van der Waals surface area contributed by atoms with Gasteiger partial charge in [-0.25, -0.2) is 4.79 Å². The molecule has 1 aliphatic rings. The molecule has 0 radical (unpaired) electrons. The molecule has 6 heteroatoms. The lowest BCUT2D eigenvalue weighted by Crippen LogP contribution is -2.14. The SMILES string of the molecule is COC(=O)c1c(NC(=O)c2cccc(OC)c2)sc2c1CCCCC2. The number of thiophene rings is 1. The molecule has 25 heavy (non-hydrogen) atoms. The Balaban J connectivity index is 1.93. The molecule has 3 rings (SSSR count). The molecule has 2 aromatic rings. The van der Waals surface area contributed by atoms with Crippen LogP contribution < -0.4 is 10.1 Å². The molecule has 1 aromatic heterocycles. The molecule has 5 nitrogen and oxygen atoms in total. The topological polar surface area (TPSA) is 64.6 Å². The van der Waals surface area contributed by atoms with Crippen LogP contribution in [0.25, 0.3) is 0 Å². The predicted molar refractivity (Wildman–Crippen MR) is 97.9 cm³/mol. The summed E-state index contributed by atoms with van der Waals surface area (Å²) in [5.41, 5.74) is 2.04. The van der Waals surface area contributed by atoms with E-state index in [1.54, 1.807) is 31.4 Å². The van der Waals surface area contributed by atoms with Gasteiger partial charge in [-0.3, -0.25) is 4.79 Å². The van der Waals surface area contributed by atoms with Gasteiger partial charge in [0.25, 0.3) is 5.91 Å². The van der Waals surface area contributed by atoms with Crippen LogP contribution in [0.4, 0.5) is 5.00 Å². The van der Waals surface area contributed by atoms with Crippen molar-refractivity contribution in [2.45, 2.75) is 32.1 Å². The lowest BCUT2D eigenvalue weighted by atomic mass is 10.1. The van der Waals surface area contributed by atoms with E-state index in [0.717, 1.165) is 37.7 Å². The number of hydrogen-bond donors (Lipinski definition) is 1. The maximum Gasteiger partial charge on any atom is 0.341 e. The van der Waals surface area contributed by atoms with Gasteiger partial charge >= 0.3 is 5.97 Å². The van der Waals surface area contributed by atoms with Crippen molar-refractivity contribution in [3.05, 3.63) is 45.8 Å². The Morgan fingerprint density at radius 3 is 2.68 bits per heavy atom. The molecule has 0 fully saturated rings. The standard InChI is InChI=1S/C19H21NO4S/c1-23-13-8-6-7-12(11-13)17(21)20-18-16(19(22)24-2)14-9-4-3-5-10-15(14)25-18/h6-8,11H,3-5,9-10H2,1-2H3,(H,20,21). The van der Waals surface area contributed by atoms with Gasteiger partial charge in [-0.1, -0.05) is 12.5 Å². The first kappa shape index (κ1) is 17.5. The third-order valence-corrected chi connectivity index (χ3v) is 5.58. The van der Waals surface area contributed by atoms with E-state index in [1.165, 1.54) is 23.3 Å². The van der Waals surface area contributed by atoms with Gasteiger partial charge < -0.3 is 14.8 Å². The van der Waals surface area contributed by atoms with E-state index < -0.39 is 0 Å². The van der Waals surface area contributed by atoms with E-state index >= 15 is 0 Å². The van der Waals surface area contributed by atoms with Crippen LogP contribution in [-0.4, -0.2) is 26.1 Å². The van der Waals surface area contributed by atoms with Crippen molar-refractivity contribution in [3.63, 3.8) is 0 Å². The molecule has 0 atom stereocenters. The molecule has 0 saturated carbocycles. The van der Waals surface area contributed by atoms with Gasteiger partial charge in [-0.15, -0.1) is 11.3 Å². The van der Waals surface area contributed by atoms with Crippen LogP contribution in [0, 0.1) is 0 Å². The van der Waals surface area contributed by atoms with E-state index in [4.69, 9.17) is 9.47 Å². The molecule has 0 bridgehead atoms. The van der Waals surface area contributed by atoms with Crippen LogP contribution in [0.5, 0.6) is 5.75 Å². The Hall–Kier alpha value is -2.34. The first-order valence-electron chi connectivity index (χ1n) is 8.32. The van der Waals surface area contributed by atoms with Gasteiger partial charge in [0.15, 0.2) is 0 Å². The largest absolute Gasteiger partial charge is 0.497 e. The minimum Gasteiger partial charge on any atom is -0.497 e. The molecular weight excluding hydrogens is 338 g/mol. The highest BCUT2D eigenvalue weighted by molar-refractivity contribution is 7.17. The summed E-state index contributed by atoms with van der Waals surface area (Å²) in [6, 6.07) is 6.93. The highest BCUT2D eigenvalue weighted by Gasteiger charge is 2.26. The summed E-state index contributed by atoms with van der Waals surface area (Å²) in [7, 11) is 2.93. The Morgan fingerprint density at radius 2 is 1.92 bits per heavy atom. The van der Waals surface area contributed by atoms with Crippen LogP contribution in [0.1, 0.15) is 50.4 Å². The van der Waals surface area contributed by atoms with Crippen molar-refractivity contribution in [3.8, 4) is 5.75 Å². The van der Waals surface area contributed by atoms with E-state index in [-0.39, 0.29) is 11.9 Å². The number of benzene rings is 1. The van der Waals surface area contributed by atoms with Crippen LogP contribution in [0.2, 0.25) is 0 Å². The maximum atomic E-state index is 12.6. The van der Waals surface area contributed by atoms with Crippen molar-refractivity contribution in [1.82, 2.24) is 0 Å². The Bertz CT molecular complexity index is 797. The second-order valence-corrected chi connectivity index (χ2v) is 7.05. The average molecular weight is 359 g/mol. The highest BCUT2D eigenvalue weighted by Crippen LogP contribution is 2.38. The lowest BCUT2D eigenvalue weighted by Gasteiger charge is -2.08. The van der Waals surface area contributed by atoms with Crippen molar-refractivity contribution >= 4 is 28.2 Å². The van der Waals surface area contributed by atoms with E-state index in [2.05, 4.69) is 5.32 Å². The third-order valence-electron chi connectivity index (χ3n) is 4.37. The zero-order valence-electron chi connectivity index (χ0n) is 14.4. The summed E-state index contributed by atoms with van der Waals surface area (Å²) in [5, 5.41) is 3.47. The fraction of sp³-hybridized carbons (Fsp3) is 0.368. The number of hydrogen-bond acceptors (Lipinski definition) is 5. The highest BCUT2D eigenvalue weighted by atomic mass is 32.1. The summed E-state index contributed by atoms with van der Waals surface area (Å²) in [4.78, 5) is 26.1. The minimum absolute atomic E-state index is 0.263. The fourth-order valence-electron chi connectivity index (χ4n) is 3.09. The molecule has 1 aliphatic carbocycles. The fourth-order valence-corrected chi connectivity index (χ4v) is 4.36. The first-order chi connectivity index (χ1) is 12.1. The number of ether oxygens (including phenoxy) is 2. The number of methoxy groups -OCH3 is 2. The Kier molecular flexibility index (Phi) is 5.38. The molecule has 132 valence electrons. The van der Waals surface area contributed by atoms with Gasteiger partial charge in [0.2, 0.25) is 0 Å². The molecular formula is C19H21NO4S. The number of carbonyl (C=O) groups is 2. The second-order valence-electron chi connectivity index (χ2n) is 5.95. The normalized spacial score (nSPS) is 13.5. The van der Waals surface area contributed by atoms with Crippen molar-refractivity contribution < 1.29 is 19.1 Å². The van der Waals surface area contributed by atoms with Gasteiger partial charge in [0.1, 0.15) is 10.8 Å². The second kappa shape index (κ2) is 7.70. The summed E-state index contributed by atoms with van der Waals surface area (Å²) >= 11 is 1.49. The number of rotatable bonds is 4. The molecule has 1 heterocycles. The van der Waals surface area contributed by atoms with Crippen LogP contribution in [-0.2, 0) is 17.6 Å².